The molecule has 0 bridgehead atoms. The molecule has 1 heterocycles. The molecule has 0 saturated carbocycles. The Hall–Kier alpha value is -2.79. The Kier molecular flexibility index (Phi) is 5.28. The van der Waals surface area contributed by atoms with E-state index in [1.807, 2.05) is 24.3 Å². The third-order valence-electron chi connectivity index (χ3n) is 4.37. The van der Waals surface area contributed by atoms with E-state index in [-0.39, 0.29) is 17.2 Å². The van der Waals surface area contributed by atoms with Crippen molar-refractivity contribution in [3.05, 3.63) is 65.8 Å². The first-order valence-corrected chi connectivity index (χ1v) is 8.98. The molecule has 1 aliphatic heterocycles. The predicted molar refractivity (Wildman–Crippen MR) is 109 cm³/mol. The van der Waals surface area contributed by atoms with E-state index in [2.05, 4.69) is 31.0 Å². The van der Waals surface area contributed by atoms with Crippen molar-refractivity contribution in [3.8, 4) is 0 Å². The summed E-state index contributed by atoms with van der Waals surface area (Å²) in [5.41, 5.74) is 2.12. The van der Waals surface area contributed by atoms with Gasteiger partial charge in [-0.3, -0.25) is 19.8 Å². The summed E-state index contributed by atoms with van der Waals surface area (Å²) in [6, 6.07) is 12.1. The summed E-state index contributed by atoms with van der Waals surface area (Å²) in [6.07, 6.45) is 5.09. The molecule has 5 heteroatoms. The molecule has 0 atom stereocenters. The summed E-state index contributed by atoms with van der Waals surface area (Å²) in [4.78, 5) is 26.4. The smallest absolute Gasteiger partial charge is 0.265 e. The van der Waals surface area contributed by atoms with Gasteiger partial charge in [0, 0.05) is 6.54 Å². The molecule has 2 aromatic carbocycles. The van der Waals surface area contributed by atoms with Crippen molar-refractivity contribution in [1.29, 1.82) is 0 Å². The number of carbonyl (C=O) groups excluding carboxylic acids is 2. The molecule has 0 spiro atoms. The first-order chi connectivity index (χ1) is 12.6. The molecule has 0 radical (unpaired) electrons. The third-order valence-corrected chi connectivity index (χ3v) is 4.70. The summed E-state index contributed by atoms with van der Waals surface area (Å²) < 4.78 is 0. The van der Waals surface area contributed by atoms with Gasteiger partial charge in [0.2, 0.25) is 0 Å². The molecule has 1 saturated heterocycles. The highest BCUT2D eigenvalue weighted by Crippen LogP contribution is 2.26. The standard InChI is InChI=1S/C21H20N2O2S/c1-3-7-16-15(11-10-14-8-5-6-9-17(14)16)13-18-19(24)22-21(26)23(12-4-2)20(18)25/h4-6,8-11,13H,2-3,7,12H2,1H3,(H,22,24,26). The SMILES string of the molecule is C=CCN1C(=O)C(=Cc2ccc3ccccc3c2CCC)C(=O)NC1=S. The van der Waals surface area contributed by atoms with Gasteiger partial charge >= 0.3 is 0 Å². The molecule has 1 N–H and O–H groups in total. The second-order valence-electron chi connectivity index (χ2n) is 6.13. The van der Waals surface area contributed by atoms with E-state index in [1.165, 1.54) is 4.90 Å². The van der Waals surface area contributed by atoms with Gasteiger partial charge in [-0.1, -0.05) is 55.8 Å². The van der Waals surface area contributed by atoms with Crippen molar-refractivity contribution in [2.45, 2.75) is 19.8 Å². The van der Waals surface area contributed by atoms with E-state index in [0.29, 0.717) is 0 Å². The first-order valence-electron chi connectivity index (χ1n) is 8.57. The number of benzene rings is 2. The molecule has 3 rings (SSSR count). The minimum absolute atomic E-state index is 0.0908. The maximum absolute atomic E-state index is 12.7. The number of nitrogens with zero attached hydrogens (tertiary/aromatic N) is 1. The van der Waals surface area contributed by atoms with Gasteiger partial charge in [-0.05, 0) is 46.6 Å². The van der Waals surface area contributed by atoms with Crippen LogP contribution in [-0.4, -0.2) is 28.4 Å². The summed E-state index contributed by atoms with van der Waals surface area (Å²) in [7, 11) is 0. The number of amides is 2. The molecule has 1 fully saturated rings. The molecule has 2 amide bonds. The van der Waals surface area contributed by atoms with Gasteiger partial charge < -0.3 is 0 Å². The highest BCUT2D eigenvalue weighted by atomic mass is 32.1. The van der Waals surface area contributed by atoms with Crippen molar-refractivity contribution in [2.75, 3.05) is 6.54 Å². The van der Waals surface area contributed by atoms with Gasteiger partial charge in [0.05, 0.1) is 0 Å². The average molecular weight is 364 g/mol. The largest absolute Gasteiger partial charge is 0.298 e. The summed E-state index contributed by atoms with van der Waals surface area (Å²) in [5, 5.41) is 4.99. The van der Waals surface area contributed by atoms with E-state index in [0.717, 1.165) is 34.7 Å². The summed E-state index contributed by atoms with van der Waals surface area (Å²) >= 11 is 5.09. The highest BCUT2D eigenvalue weighted by Gasteiger charge is 2.32. The molecular formula is C21H20N2O2S. The summed E-state index contributed by atoms with van der Waals surface area (Å²) in [6.45, 7) is 6.01. The van der Waals surface area contributed by atoms with Crippen LogP contribution >= 0.6 is 12.2 Å². The van der Waals surface area contributed by atoms with Crippen LogP contribution in [0.5, 0.6) is 0 Å². The van der Waals surface area contributed by atoms with Crippen molar-refractivity contribution < 1.29 is 9.59 Å². The monoisotopic (exact) mass is 364 g/mol. The van der Waals surface area contributed by atoms with E-state index < -0.39 is 11.8 Å². The Morgan fingerprint density at radius 2 is 1.96 bits per heavy atom. The van der Waals surface area contributed by atoms with E-state index >= 15 is 0 Å². The van der Waals surface area contributed by atoms with Gasteiger partial charge in [0.25, 0.3) is 11.8 Å². The van der Waals surface area contributed by atoms with Crippen molar-refractivity contribution in [2.24, 2.45) is 0 Å². The van der Waals surface area contributed by atoms with Crippen LogP contribution in [0.1, 0.15) is 24.5 Å². The maximum atomic E-state index is 12.7. The van der Waals surface area contributed by atoms with Crippen molar-refractivity contribution in [1.82, 2.24) is 10.2 Å². The average Bonchev–Trinajstić information content (AvgIpc) is 2.63. The molecule has 0 aliphatic carbocycles. The Balaban J connectivity index is 2.12. The Morgan fingerprint density at radius 1 is 1.19 bits per heavy atom. The number of hydrogen-bond acceptors (Lipinski definition) is 3. The number of rotatable bonds is 5. The Morgan fingerprint density at radius 3 is 2.69 bits per heavy atom. The zero-order valence-electron chi connectivity index (χ0n) is 14.6. The molecular weight excluding hydrogens is 344 g/mol. The van der Waals surface area contributed by atoms with E-state index in [4.69, 9.17) is 12.2 Å². The van der Waals surface area contributed by atoms with Crippen LogP contribution in [-0.2, 0) is 16.0 Å². The predicted octanol–water partition coefficient (Wildman–Crippen LogP) is 3.61. The number of nitrogens with one attached hydrogen (secondary N) is 1. The number of aryl methyl sites for hydroxylation is 1. The van der Waals surface area contributed by atoms with E-state index in [1.54, 1.807) is 12.2 Å². The zero-order valence-corrected chi connectivity index (χ0v) is 15.4. The molecule has 132 valence electrons. The fourth-order valence-corrected chi connectivity index (χ4v) is 3.41. The number of hydrogen-bond donors (Lipinski definition) is 1. The summed E-state index contributed by atoms with van der Waals surface area (Å²) in [5.74, 6) is -0.856. The van der Waals surface area contributed by atoms with Crippen molar-refractivity contribution >= 4 is 46.0 Å². The van der Waals surface area contributed by atoms with E-state index in [9.17, 15) is 9.59 Å². The molecule has 1 aliphatic rings. The van der Waals surface area contributed by atoms with Crippen molar-refractivity contribution in [3.63, 3.8) is 0 Å². The molecule has 4 nitrogen and oxygen atoms in total. The van der Waals surface area contributed by atoms with Gasteiger partial charge in [-0.25, -0.2) is 0 Å². The molecule has 2 aromatic rings. The Labute approximate surface area is 158 Å². The molecule has 0 aromatic heterocycles. The van der Waals surface area contributed by atoms with Gasteiger partial charge in [-0.15, -0.1) is 6.58 Å². The lowest BCUT2D eigenvalue weighted by molar-refractivity contribution is -0.128. The van der Waals surface area contributed by atoms with Crippen LogP contribution in [0, 0.1) is 0 Å². The molecule has 0 unspecified atom stereocenters. The molecule has 26 heavy (non-hydrogen) atoms. The van der Waals surface area contributed by atoms with Gasteiger partial charge in [0.15, 0.2) is 5.11 Å². The number of fused-ring (bicyclic) bond motifs is 1. The maximum Gasteiger partial charge on any atom is 0.265 e. The minimum atomic E-state index is -0.462. The second-order valence-corrected chi connectivity index (χ2v) is 6.51. The number of carbonyl (C=O) groups is 2. The van der Waals surface area contributed by atoms with Gasteiger partial charge in [-0.2, -0.15) is 0 Å². The fourth-order valence-electron chi connectivity index (χ4n) is 3.16. The highest BCUT2D eigenvalue weighted by molar-refractivity contribution is 7.80. The number of thiocarbonyl (C=S) groups is 1. The lowest BCUT2D eigenvalue weighted by Gasteiger charge is -2.28. The van der Waals surface area contributed by atoms with Crippen LogP contribution < -0.4 is 5.32 Å². The first kappa shape index (κ1) is 18.0. The lowest BCUT2D eigenvalue weighted by atomic mass is 9.94. The normalized spacial score (nSPS) is 16.3. The minimum Gasteiger partial charge on any atom is -0.298 e. The van der Waals surface area contributed by atoms with Gasteiger partial charge in [0.1, 0.15) is 5.57 Å². The van der Waals surface area contributed by atoms with Crippen LogP contribution in [0.2, 0.25) is 0 Å². The third kappa shape index (κ3) is 3.30. The van der Waals surface area contributed by atoms with Crippen LogP contribution in [0.25, 0.3) is 16.8 Å². The second kappa shape index (κ2) is 7.62. The van der Waals surface area contributed by atoms with Crippen LogP contribution in [0.15, 0.2) is 54.6 Å². The van der Waals surface area contributed by atoms with Crippen LogP contribution in [0.3, 0.4) is 0 Å². The topological polar surface area (TPSA) is 49.4 Å². The zero-order chi connectivity index (χ0) is 18.7. The quantitative estimate of drug-likeness (QED) is 0.382. The fraction of sp³-hybridized carbons (Fsp3) is 0.190. The Bertz CT molecular complexity index is 946. The lowest BCUT2D eigenvalue weighted by Crippen LogP contribution is -2.53. The van der Waals surface area contributed by atoms with Crippen LogP contribution in [0.4, 0.5) is 0 Å².